The highest BCUT2D eigenvalue weighted by atomic mass is 16.5. The Hall–Kier alpha value is -1.70. The Kier molecular flexibility index (Phi) is 5.34. The van der Waals surface area contributed by atoms with Crippen LogP contribution in [0.1, 0.15) is 24.4 Å². The molecular formula is C13H18N2O2. The number of terminal acetylenes is 1. The monoisotopic (exact) mass is 234 g/mol. The highest BCUT2D eigenvalue weighted by molar-refractivity contribution is 5.42. The van der Waals surface area contributed by atoms with Gasteiger partial charge in [0.05, 0.1) is 20.3 Å². The van der Waals surface area contributed by atoms with E-state index < -0.39 is 0 Å². The zero-order valence-corrected chi connectivity index (χ0v) is 10.2. The van der Waals surface area contributed by atoms with Crippen molar-refractivity contribution in [3.63, 3.8) is 0 Å². The van der Waals surface area contributed by atoms with Gasteiger partial charge in [-0.1, -0.05) is 6.07 Å². The van der Waals surface area contributed by atoms with E-state index in [0.29, 0.717) is 6.42 Å². The van der Waals surface area contributed by atoms with Crippen molar-refractivity contribution < 1.29 is 9.47 Å². The van der Waals surface area contributed by atoms with E-state index in [9.17, 15) is 0 Å². The maximum atomic E-state index is 5.53. The Balaban J connectivity index is 2.98. The van der Waals surface area contributed by atoms with Gasteiger partial charge in [-0.15, -0.1) is 12.3 Å². The average molecular weight is 234 g/mol. The van der Waals surface area contributed by atoms with Crippen molar-refractivity contribution >= 4 is 0 Å². The summed E-state index contributed by atoms with van der Waals surface area (Å²) in [5, 5.41) is 0. The van der Waals surface area contributed by atoms with Gasteiger partial charge in [0, 0.05) is 18.1 Å². The molecule has 1 atom stereocenters. The molecule has 0 saturated heterocycles. The Labute approximate surface area is 102 Å². The third-order valence-electron chi connectivity index (χ3n) is 2.59. The second-order valence-electron chi connectivity index (χ2n) is 3.57. The van der Waals surface area contributed by atoms with Gasteiger partial charge in [0.15, 0.2) is 0 Å². The van der Waals surface area contributed by atoms with Crippen LogP contribution in [0.3, 0.4) is 0 Å². The van der Waals surface area contributed by atoms with Crippen LogP contribution in [-0.2, 0) is 0 Å². The molecule has 1 aromatic carbocycles. The van der Waals surface area contributed by atoms with Crippen LogP contribution in [0, 0.1) is 12.3 Å². The van der Waals surface area contributed by atoms with E-state index in [4.69, 9.17) is 21.7 Å². The first-order valence-corrected chi connectivity index (χ1v) is 5.38. The molecule has 4 nitrogen and oxygen atoms in total. The molecule has 0 bridgehead atoms. The van der Waals surface area contributed by atoms with Crippen molar-refractivity contribution in [3.05, 3.63) is 23.8 Å². The first-order valence-electron chi connectivity index (χ1n) is 5.38. The summed E-state index contributed by atoms with van der Waals surface area (Å²) in [6.45, 7) is 0. The SMILES string of the molecule is C#CCCC(NN)c1ccc(OC)cc1OC. The Morgan fingerprint density at radius 2 is 2.18 bits per heavy atom. The van der Waals surface area contributed by atoms with Crippen LogP contribution in [0.25, 0.3) is 0 Å². The maximum absolute atomic E-state index is 5.53. The summed E-state index contributed by atoms with van der Waals surface area (Å²) in [6.07, 6.45) is 6.67. The number of rotatable bonds is 6. The summed E-state index contributed by atoms with van der Waals surface area (Å²) in [4.78, 5) is 0. The van der Waals surface area contributed by atoms with Gasteiger partial charge in [0.25, 0.3) is 0 Å². The van der Waals surface area contributed by atoms with Crippen LogP contribution in [0.5, 0.6) is 11.5 Å². The fraction of sp³-hybridized carbons (Fsp3) is 0.385. The van der Waals surface area contributed by atoms with Gasteiger partial charge in [0.1, 0.15) is 11.5 Å². The highest BCUT2D eigenvalue weighted by Gasteiger charge is 2.14. The minimum Gasteiger partial charge on any atom is -0.497 e. The molecule has 17 heavy (non-hydrogen) atoms. The predicted molar refractivity (Wildman–Crippen MR) is 67.7 cm³/mol. The van der Waals surface area contributed by atoms with Crippen LogP contribution in [0.4, 0.5) is 0 Å². The summed E-state index contributed by atoms with van der Waals surface area (Å²) >= 11 is 0. The van der Waals surface area contributed by atoms with Gasteiger partial charge in [-0.05, 0) is 12.5 Å². The number of nitrogens with one attached hydrogen (secondary N) is 1. The van der Waals surface area contributed by atoms with Crippen LogP contribution < -0.4 is 20.7 Å². The largest absolute Gasteiger partial charge is 0.497 e. The molecule has 0 aliphatic heterocycles. The third kappa shape index (κ3) is 3.38. The van der Waals surface area contributed by atoms with Gasteiger partial charge >= 0.3 is 0 Å². The lowest BCUT2D eigenvalue weighted by atomic mass is 10.0. The lowest BCUT2D eigenvalue weighted by molar-refractivity contribution is 0.382. The van der Waals surface area contributed by atoms with Gasteiger partial charge in [0.2, 0.25) is 0 Å². The first kappa shape index (κ1) is 13.4. The number of methoxy groups -OCH3 is 2. The topological polar surface area (TPSA) is 56.5 Å². The quantitative estimate of drug-likeness (QED) is 0.446. The van der Waals surface area contributed by atoms with E-state index in [-0.39, 0.29) is 6.04 Å². The van der Waals surface area contributed by atoms with Crippen molar-refractivity contribution in [2.24, 2.45) is 5.84 Å². The second-order valence-corrected chi connectivity index (χ2v) is 3.57. The zero-order valence-electron chi connectivity index (χ0n) is 10.2. The smallest absolute Gasteiger partial charge is 0.127 e. The van der Waals surface area contributed by atoms with E-state index in [2.05, 4.69) is 11.3 Å². The summed E-state index contributed by atoms with van der Waals surface area (Å²) in [7, 11) is 3.23. The molecule has 0 aliphatic carbocycles. The van der Waals surface area contributed by atoms with Gasteiger partial charge in [-0.25, -0.2) is 0 Å². The Morgan fingerprint density at radius 1 is 1.41 bits per heavy atom. The molecule has 4 heteroatoms. The molecule has 92 valence electrons. The molecule has 0 aliphatic rings. The average Bonchev–Trinajstić information content (AvgIpc) is 2.39. The number of nitrogens with two attached hydrogens (primary N) is 1. The van der Waals surface area contributed by atoms with Crippen molar-refractivity contribution in [3.8, 4) is 23.8 Å². The molecule has 0 amide bonds. The zero-order chi connectivity index (χ0) is 12.7. The Bertz CT molecular complexity index is 399. The van der Waals surface area contributed by atoms with Gasteiger partial charge < -0.3 is 9.47 Å². The van der Waals surface area contributed by atoms with E-state index in [1.54, 1.807) is 14.2 Å². The molecule has 0 heterocycles. The van der Waals surface area contributed by atoms with E-state index >= 15 is 0 Å². The molecule has 1 rings (SSSR count). The van der Waals surface area contributed by atoms with Crippen LogP contribution >= 0.6 is 0 Å². The van der Waals surface area contributed by atoms with Crippen LogP contribution in [0.2, 0.25) is 0 Å². The molecule has 0 fully saturated rings. The second kappa shape index (κ2) is 6.79. The maximum Gasteiger partial charge on any atom is 0.127 e. The van der Waals surface area contributed by atoms with E-state index in [1.807, 2.05) is 18.2 Å². The van der Waals surface area contributed by atoms with Crippen LogP contribution in [-0.4, -0.2) is 14.2 Å². The summed E-state index contributed by atoms with van der Waals surface area (Å²) in [5.74, 6) is 9.62. The third-order valence-corrected chi connectivity index (χ3v) is 2.59. The first-order chi connectivity index (χ1) is 8.26. The molecule has 1 aromatic rings. The van der Waals surface area contributed by atoms with Crippen molar-refractivity contribution in [2.75, 3.05) is 14.2 Å². The molecule has 0 spiro atoms. The number of hydrogen-bond acceptors (Lipinski definition) is 4. The number of benzene rings is 1. The van der Waals surface area contributed by atoms with Crippen molar-refractivity contribution in [2.45, 2.75) is 18.9 Å². The minimum absolute atomic E-state index is 0.0214. The highest BCUT2D eigenvalue weighted by Crippen LogP contribution is 2.31. The lowest BCUT2D eigenvalue weighted by Gasteiger charge is -2.18. The number of hydrogen-bond donors (Lipinski definition) is 2. The molecule has 3 N–H and O–H groups in total. The van der Waals surface area contributed by atoms with Crippen molar-refractivity contribution in [1.29, 1.82) is 0 Å². The Morgan fingerprint density at radius 3 is 2.71 bits per heavy atom. The minimum atomic E-state index is -0.0214. The molecule has 1 unspecified atom stereocenters. The standard InChI is InChI=1S/C13H18N2O2/c1-4-5-6-12(15-14)11-8-7-10(16-2)9-13(11)17-3/h1,7-9,12,15H,5-6,14H2,2-3H3. The summed E-state index contributed by atoms with van der Waals surface area (Å²) in [6, 6.07) is 5.61. The molecule has 0 saturated carbocycles. The van der Waals surface area contributed by atoms with Gasteiger partial charge in [-0.3, -0.25) is 11.3 Å². The van der Waals surface area contributed by atoms with Crippen molar-refractivity contribution in [1.82, 2.24) is 5.43 Å². The lowest BCUT2D eigenvalue weighted by Crippen LogP contribution is -2.28. The summed E-state index contributed by atoms with van der Waals surface area (Å²) < 4.78 is 10.5. The van der Waals surface area contributed by atoms with E-state index in [1.165, 1.54) is 0 Å². The summed E-state index contributed by atoms with van der Waals surface area (Å²) in [5.41, 5.74) is 3.73. The number of ether oxygens (including phenoxy) is 2. The fourth-order valence-corrected chi connectivity index (χ4v) is 1.66. The fourth-order valence-electron chi connectivity index (χ4n) is 1.66. The predicted octanol–water partition coefficient (Wildman–Crippen LogP) is 1.62. The van der Waals surface area contributed by atoms with Crippen LogP contribution in [0.15, 0.2) is 18.2 Å². The molecule has 0 radical (unpaired) electrons. The van der Waals surface area contributed by atoms with Gasteiger partial charge in [-0.2, -0.15) is 0 Å². The number of hydrazine groups is 1. The molecule has 0 aromatic heterocycles. The normalized spacial score (nSPS) is 11.6. The van der Waals surface area contributed by atoms with E-state index in [0.717, 1.165) is 23.5 Å². The molecular weight excluding hydrogens is 216 g/mol.